The number of hydrogen-bond donors (Lipinski definition) is 3. The second-order valence-corrected chi connectivity index (χ2v) is 12.4. The molecule has 1 unspecified atom stereocenters. The molecule has 1 atom stereocenters. The summed E-state index contributed by atoms with van der Waals surface area (Å²) in [4.78, 5) is 41.5. The summed E-state index contributed by atoms with van der Waals surface area (Å²) in [6.45, 7) is 1.98. The van der Waals surface area contributed by atoms with Gasteiger partial charge in [0.05, 0.1) is 0 Å². The third-order valence-electron chi connectivity index (χ3n) is 7.62. The zero-order valence-corrected chi connectivity index (χ0v) is 27.0. The average molecular weight is 648 g/mol. The van der Waals surface area contributed by atoms with Crippen molar-refractivity contribution in [3.63, 3.8) is 0 Å². The molecule has 0 aliphatic rings. The van der Waals surface area contributed by atoms with Crippen LogP contribution in [-0.4, -0.2) is 17.7 Å². The van der Waals surface area contributed by atoms with Crippen LogP contribution >= 0.6 is 11.8 Å². The van der Waals surface area contributed by atoms with E-state index in [0.717, 1.165) is 38.0 Å². The Balaban J connectivity index is 1.27. The minimum absolute atomic E-state index is 0.0953. The maximum atomic E-state index is 13.8. The Kier molecular flexibility index (Phi) is 10.1. The van der Waals surface area contributed by atoms with Crippen LogP contribution in [0.5, 0.6) is 0 Å². The lowest BCUT2D eigenvalue weighted by Crippen LogP contribution is -2.30. The molecular formula is C41H33N3O3S. The van der Waals surface area contributed by atoms with Crippen molar-refractivity contribution in [2.75, 3.05) is 10.6 Å². The minimum atomic E-state index is -0.551. The fourth-order valence-electron chi connectivity index (χ4n) is 5.29. The summed E-state index contributed by atoms with van der Waals surface area (Å²) in [5.41, 5.74) is 4.47. The third kappa shape index (κ3) is 8.07. The van der Waals surface area contributed by atoms with Crippen LogP contribution in [0.15, 0.2) is 162 Å². The van der Waals surface area contributed by atoms with Gasteiger partial charge in [-0.3, -0.25) is 14.4 Å². The van der Waals surface area contributed by atoms with E-state index in [4.69, 9.17) is 0 Å². The first-order valence-corrected chi connectivity index (χ1v) is 16.4. The molecule has 0 radical (unpaired) electrons. The molecule has 0 heterocycles. The molecule has 0 aliphatic carbocycles. The second kappa shape index (κ2) is 15.1. The van der Waals surface area contributed by atoms with Gasteiger partial charge < -0.3 is 16.0 Å². The molecule has 6 rings (SSSR count). The lowest BCUT2D eigenvalue weighted by molar-refractivity contribution is -0.116. The number of carbonyl (C=O) groups excluding carboxylic acids is 3. The van der Waals surface area contributed by atoms with E-state index in [2.05, 4.69) is 16.0 Å². The summed E-state index contributed by atoms with van der Waals surface area (Å²) >= 11 is 1.39. The van der Waals surface area contributed by atoms with Gasteiger partial charge in [0.25, 0.3) is 11.8 Å². The van der Waals surface area contributed by atoms with Crippen LogP contribution in [0.1, 0.15) is 32.3 Å². The molecule has 0 spiro atoms. The average Bonchev–Trinajstić information content (AvgIpc) is 3.11. The number of nitrogens with one attached hydrogen (secondary N) is 3. The lowest BCUT2D eigenvalue weighted by atomic mass is 10.0. The first kappa shape index (κ1) is 32.0. The minimum Gasteiger partial charge on any atom is -0.325 e. The van der Waals surface area contributed by atoms with Crippen LogP contribution < -0.4 is 16.0 Å². The highest BCUT2D eigenvalue weighted by Gasteiger charge is 2.23. The SMILES string of the molecule is Cc1cccc(NC(=O)C(Sc2cccc(NC(=O)/C(=C\c3cccc4ccccc34)NC(=O)c3ccccc3)c2)c2ccccc2)c1. The van der Waals surface area contributed by atoms with E-state index in [0.29, 0.717) is 11.3 Å². The molecule has 0 saturated heterocycles. The Bertz CT molecular complexity index is 2110. The van der Waals surface area contributed by atoms with E-state index in [9.17, 15) is 14.4 Å². The largest absolute Gasteiger partial charge is 0.325 e. The summed E-state index contributed by atoms with van der Waals surface area (Å²) in [5, 5.41) is 10.3. The van der Waals surface area contributed by atoms with Crippen LogP contribution in [0, 0.1) is 6.92 Å². The van der Waals surface area contributed by atoms with Gasteiger partial charge in [-0.15, -0.1) is 11.8 Å². The molecule has 0 aliphatic heterocycles. The van der Waals surface area contributed by atoms with Gasteiger partial charge in [-0.25, -0.2) is 0 Å². The summed E-state index contributed by atoms with van der Waals surface area (Å²) in [6.07, 6.45) is 1.69. The lowest BCUT2D eigenvalue weighted by Gasteiger charge is -2.18. The Morgan fingerprint density at radius 1 is 0.646 bits per heavy atom. The van der Waals surface area contributed by atoms with Crippen molar-refractivity contribution >= 4 is 57.7 Å². The Labute approximate surface area is 283 Å². The van der Waals surface area contributed by atoms with Crippen molar-refractivity contribution in [3.05, 3.63) is 180 Å². The van der Waals surface area contributed by atoms with Gasteiger partial charge in [-0.1, -0.05) is 109 Å². The fraction of sp³-hybridized carbons (Fsp3) is 0.0488. The zero-order chi connectivity index (χ0) is 33.3. The van der Waals surface area contributed by atoms with E-state index in [1.807, 2.05) is 128 Å². The molecule has 0 saturated carbocycles. The Hall–Kier alpha value is -5.92. The number of anilines is 2. The quantitative estimate of drug-likeness (QED) is 0.102. The number of carbonyl (C=O) groups is 3. The molecule has 236 valence electrons. The molecule has 7 heteroatoms. The van der Waals surface area contributed by atoms with E-state index in [1.165, 1.54) is 11.8 Å². The van der Waals surface area contributed by atoms with Crippen molar-refractivity contribution in [3.8, 4) is 0 Å². The normalized spacial score (nSPS) is 11.8. The molecule has 0 bridgehead atoms. The van der Waals surface area contributed by atoms with Gasteiger partial charge in [0.2, 0.25) is 5.91 Å². The Morgan fingerprint density at radius 2 is 1.29 bits per heavy atom. The van der Waals surface area contributed by atoms with Gasteiger partial charge in [0, 0.05) is 21.8 Å². The van der Waals surface area contributed by atoms with Gasteiger partial charge >= 0.3 is 0 Å². The van der Waals surface area contributed by atoms with Crippen molar-refractivity contribution < 1.29 is 14.4 Å². The highest BCUT2D eigenvalue weighted by Crippen LogP contribution is 2.37. The molecule has 6 aromatic carbocycles. The monoisotopic (exact) mass is 647 g/mol. The number of rotatable bonds is 10. The van der Waals surface area contributed by atoms with Gasteiger partial charge in [-0.2, -0.15) is 0 Å². The maximum absolute atomic E-state index is 13.8. The molecule has 3 N–H and O–H groups in total. The van der Waals surface area contributed by atoms with E-state index < -0.39 is 17.1 Å². The van der Waals surface area contributed by atoms with Crippen LogP contribution in [0.25, 0.3) is 16.8 Å². The maximum Gasteiger partial charge on any atom is 0.272 e. The number of benzene rings is 6. The van der Waals surface area contributed by atoms with Crippen LogP contribution in [-0.2, 0) is 9.59 Å². The highest BCUT2D eigenvalue weighted by molar-refractivity contribution is 8.00. The standard InChI is InChI=1S/C41H33N3O3S/c1-28-13-10-21-33(25-28)43-41(47)38(30-15-4-2-5-16-30)48-35-23-12-22-34(27-35)42-40(46)37(44-39(45)31-17-6-3-7-18-31)26-32-20-11-19-29-14-8-9-24-36(29)32/h2-27,38H,1H3,(H,42,46)(H,43,47)(H,44,45)/b37-26+. The predicted octanol–water partition coefficient (Wildman–Crippen LogP) is 9.03. The predicted molar refractivity (Wildman–Crippen MR) is 196 cm³/mol. The second-order valence-electron chi connectivity index (χ2n) is 11.2. The van der Waals surface area contributed by atoms with Crippen molar-refractivity contribution in [1.82, 2.24) is 5.32 Å². The van der Waals surface area contributed by atoms with Gasteiger partial charge in [-0.05, 0) is 82.9 Å². The van der Waals surface area contributed by atoms with Crippen molar-refractivity contribution in [2.45, 2.75) is 17.1 Å². The molecule has 6 aromatic rings. The number of fused-ring (bicyclic) bond motifs is 1. The van der Waals surface area contributed by atoms with Gasteiger partial charge in [0.1, 0.15) is 10.9 Å². The number of thioether (sulfide) groups is 1. The topological polar surface area (TPSA) is 87.3 Å². The molecule has 0 aromatic heterocycles. The summed E-state index contributed by atoms with van der Waals surface area (Å²) in [5.74, 6) is -1.03. The zero-order valence-electron chi connectivity index (χ0n) is 26.2. The van der Waals surface area contributed by atoms with Crippen molar-refractivity contribution in [1.29, 1.82) is 0 Å². The van der Waals surface area contributed by atoms with E-state index in [1.54, 1.807) is 36.4 Å². The first-order chi connectivity index (χ1) is 23.4. The van der Waals surface area contributed by atoms with Crippen LogP contribution in [0.2, 0.25) is 0 Å². The summed E-state index contributed by atoms with van der Waals surface area (Å²) in [6, 6.07) is 47.1. The molecular weight excluding hydrogens is 615 g/mol. The summed E-state index contributed by atoms with van der Waals surface area (Å²) in [7, 11) is 0. The molecule has 6 nitrogen and oxygen atoms in total. The number of hydrogen-bond acceptors (Lipinski definition) is 4. The summed E-state index contributed by atoms with van der Waals surface area (Å²) < 4.78 is 0. The van der Waals surface area contributed by atoms with E-state index in [-0.39, 0.29) is 11.6 Å². The van der Waals surface area contributed by atoms with Gasteiger partial charge in [0.15, 0.2) is 0 Å². The third-order valence-corrected chi connectivity index (χ3v) is 8.87. The van der Waals surface area contributed by atoms with Crippen molar-refractivity contribution in [2.24, 2.45) is 0 Å². The van der Waals surface area contributed by atoms with Crippen LogP contribution in [0.4, 0.5) is 11.4 Å². The smallest absolute Gasteiger partial charge is 0.272 e. The fourth-order valence-corrected chi connectivity index (χ4v) is 6.37. The Morgan fingerprint density at radius 3 is 2.06 bits per heavy atom. The highest BCUT2D eigenvalue weighted by atomic mass is 32.2. The molecule has 3 amide bonds. The first-order valence-electron chi connectivity index (χ1n) is 15.5. The number of aryl methyl sites for hydroxylation is 1. The van der Waals surface area contributed by atoms with E-state index >= 15 is 0 Å². The number of amides is 3. The van der Waals surface area contributed by atoms with Crippen LogP contribution in [0.3, 0.4) is 0 Å². The molecule has 48 heavy (non-hydrogen) atoms. The molecule has 0 fully saturated rings.